The number of ether oxygens (including phenoxy) is 1. The predicted molar refractivity (Wildman–Crippen MR) is 125 cm³/mol. The molecule has 1 aromatic heterocycles. The number of aromatic nitrogens is 1. The molecule has 4 aliphatic rings. The maximum absolute atomic E-state index is 13.4. The van der Waals surface area contributed by atoms with Crippen LogP contribution >= 0.6 is 23.1 Å². The zero-order valence-corrected chi connectivity index (χ0v) is 20.1. The molecule has 2 amide bonds. The van der Waals surface area contributed by atoms with Crippen molar-refractivity contribution in [1.82, 2.24) is 9.88 Å². The van der Waals surface area contributed by atoms with Gasteiger partial charge in [-0.1, -0.05) is 23.5 Å². The van der Waals surface area contributed by atoms with Gasteiger partial charge in [0.25, 0.3) is 0 Å². The van der Waals surface area contributed by atoms with Gasteiger partial charge in [0.05, 0.1) is 24.0 Å². The SMILES string of the molecule is COc1ccc([C@@H]2c3sc(=O)[nH]c3S[C@@H]3[C@H]4C[C@@H]([C@@H]5C(=O)N(CCCC(=O)O)C(=O)[C@H]45)[C@H]23)cc1. The predicted octanol–water partition coefficient (Wildman–Crippen LogP) is 2.78. The van der Waals surface area contributed by atoms with Gasteiger partial charge in [0.2, 0.25) is 11.8 Å². The molecule has 3 heterocycles. The van der Waals surface area contributed by atoms with E-state index >= 15 is 0 Å². The highest BCUT2D eigenvalue weighted by atomic mass is 32.2. The molecule has 10 heteroatoms. The number of nitrogens with one attached hydrogen (secondary N) is 1. The number of aliphatic carboxylic acids is 1. The van der Waals surface area contributed by atoms with Crippen molar-refractivity contribution < 1.29 is 24.2 Å². The van der Waals surface area contributed by atoms with Crippen molar-refractivity contribution in [3.8, 4) is 5.75 Å². The highest BCUT2D eigenvalue weighted by Crippen LogP contribution is 2.68. The van der Waals surface area contributed by atoms with Crippen LogP contribution in [0.3, 0.4) is 0 Å². The summed E-state index contributed by atoms with van der Waals surface area (Å²) in [6.07, 6.45) is 1.05. The second-order valence-electron chi connectivity index (χ2n) is 9.56. The quantitative estimate of drug-likeness (QED) is 0.586. The molecule has 8 nitrogen and oxygen atoms in total. The van der Waals surface area contributed by atoms with Crippen molar-refractivity contribution >= 4 is 40.9 Å². The second-order valence-corrected chi connectivity index (χ2v) is 11.8. The molecule has 0 radical (unpaired) electrons. The van der Waals surface area contributed by atoms with E-state index in [0.717, 1.165) is 27.6 Å². The number of hydrogen-bond acceptors (Lipinski definition) is 7. The molecular formula is C24H24N2O6S2. The number of thioether (sulfide) groups is 1. The molecule has 7 atom stereocenters. The van der Waals surface area contributed by atoms with Gasteiger partial charge < -0.3 is 14.8 Å². The molecule has 1 aromatic carbocycles. The average Bonchev–Trinajstić information content (AvgIpc) is 3.54. The summed E-state index contributed by atoms with van der Waals surface area (Å²) in [6, 6.07) is 7.92. The number of amides is 2. The van der Waals surface area contributed by atoms with Crippen LogP contribution in [0.4, 0.5) is 0 Å². The number of nitrogens with zero attached hydrogens (tertiary/aromatic N) is 1. The van der Waals surface area contributed by atoms with Crippen LogP contribution < -0.4 is 9.61 Å². The number of carbonyl (C=O) groups excluding carboxylic acids is 2. The molecule has 0 unspecified atom stereocenters. The Morgan fingerprint density at radius 2 is 1.85 bits per heavy atom. The van der Waals surface area contributed by atoms with Crippen LogP contribution in [0.1, 0.15) is 35.6 Å². The number of fused-ring (bicyclic) bond motifs is 9. The van der Waals surface area contributed by atoms with Gasteiger partial charge in [0.1, 0.15) is 5.75 Å². The van der Waals surface area contributed by atoms with Crippen LogP contribution in [-0.2, 0) is 14.4 Å². The van der Waals surface area contributed by atoms with Crippen molar-refractivity contribution in [3.63, 3.8) is 0 Å². The standard InChI is InChI=1S/C24H24N2O6S2/c1-32-11-6-4-10(5-7-11)15-16-12-9-13(19(16)33-21-20(15)34-24(31)25-21)18-17(12)22(29)26(23(18)30)8-2-3-14(27)28/h4-7,12-13,15-19H,2-3,8-9H2,1H3,(H,25,31)(H,27,28)/t12-,13+,15+,16-,17+,18-,19-/m1/s1. The summed E-state index contributed by atoms with van der Waals surface area (Å²) in [6.45, 7) is 0.168. The molecule has 2 aliphatic heterocycles. The number of carboxylic acids is 1. The van der Waals surface area contributed by atoms with E-state index in [2.05, 4.69) is 4.98 Å². The number of carboxylic acid groups (broad SMARTS) is 1. The Morgan fingerprint density at radius 3 is 2.53 bits per heavy atom. The number of carbonyl (C=O) groups is 3. The van der Waals surface area contributed by atoms with E-state index in [9.17, 15) is 19.2 Å². The van der Waals surface area contributed by atoms with Crippen molar-refractivity contribution in [3.05, 3.63) is 44.4 Å². The number of imide groups is 1. The lowest BCUT2D eigenvalue weighted by atomic mass is 9.68. The summed E-state index contributed by atoms with van der Waals surface area (Å²) >= 11 is 2.90. The molecule has 34 heavy (non-hydrogen) atoms. The Hall–Kier alpha value is -2.59. The van der Waals surface area contributed by atoms with Gasteiger partial charge in [0.15, 0.2) is 0 Å². The molecule has 2 N–H and O–H groups in total. The minimum atomic E-state index is -0.927. The molecular weight excluding hydrogens is 476 g/mol. The van der Waals surface area contributed by atoms with Crippen LogP contribution in [-0.4, -0.2) is 51.7 Å². The number of H-pyrrole nitrogens is 1. The minimum absolute atomic E-state index is 0.0176. The third kappa shape index (κ3) is 3.11. The number of benzene rings is 1. The molecule has 3 fully saturated rings. The van der Waals surface area contributed by atoms with Crippen molar-refractivity contribution in [2.45, 2.75) is 35.5 Å². The molecule has 2 bridgehead atoms. The van der Waals surface area contributed by atoms with Crippen molar-refractivity contribution in [2.24, 2.45) is 29.6 Å². The summed E-state index contributed by atoms with van der Waals surface area (Å²) in [4.78, 5) is 55.1. The highest BCUT2D eigenvalue weighted by Gasteiger charge is 2.69. The van der Waals surface area contributed by atoms with Crippen molar-refractivity contribution in [1.29, 1.82) is 0 Å². The molecule has 178 valence electrons. The van der Waals surface area contributed by atoms with Crippen LogP contribution in [0.2, 0.25) is 0 Å². The molecule has 6 rings (SSSR count). The molecule has 1 saturated heterocycles. The van der Waals surface area contributed by atoms with Gasteiger partial charge in [-0.15, -0.1) is 11.8 Å². The average molecular weight is 501 g/mol. The monoisotopic (exact) mass is 500 g/mol. The molecule has 2 saturated carbocycles. The van der Waals surface area contributed by atoms with Crippen molar-refractivity contribution in [2.75, 3.05) is 13.7 Å². The lowest BCUT2D eigenvalue weighted by molar-refractivity contribution is -0.142. The van der Waals surface area contributed by atoms with Crippen LogP contribution in [0.15, 0.2) is 34.1 Å². The number of methoxy groups -OCH3 is 1. The molecule has 0 spiro atoms. The summed E-state index contributed by atoms with van der Waals surface area (Å²) in [5, 5.41) is 9.98. The topological polar surface area (TPSA) is 117 Å². The summed E-state index contributed by atoms with van der Waals surface area (Å²) in [7, 11) is 1.62. The molecule has 2 aromatic rings. The zero-order valence-electron chi connectivity index (χ0n) is 18.4. The van der Waals surface area contributed by atoms with Gasteiger partial charge in [-0.3, -0.25) is 24.1 Å². The first kappa shape index (κ1) is 21.9. The maximum Gasteiger partial charge on any atom is 0.305 e. The van der Waals surface area contributed by atoms with E-state index < -0.39 is 5.97 Å². The number of likely N-dealkylation sites (tertiary alicyclic amines) is 1. The van der Waals surface area contributed by atoms with Crippen LogP contribution in [0, 0.1) is 29.6 Å². The van der Waals surface area contributed by atoms with E-state index in [-0.39, 0.29) is 76.8 Å². The largest absolute Gasteiger partial charge is 0.497 e. The fraction of sp³-hybridized carbons (Fsp3) is 0.500. The normalized spacial score (nSPS) is 33.1. The zero-order chi connectivity index (χ0) is 23.7. The number of rotatable bonds is 6. The van der Waals surface area contributed by atoms with Gasteiger partial charge in [-0.25, -0.2) is 0 Å². The summed E-state index contributed by atoms with van der Waals surface area (Å²) in [5.41, 5.74) is 1.09. The Bertz CT molecular complexity index is 1240. The van der Waals surface area contributed by atoms with Gasteiger partial charge >= 0.3 is 10.8 Å². The Kier molecular flexibility index (Phi) is 5.14. The third-order valence-electron chi connectivity index (χ3n) is 8.06. The van der Waals surface area contributed by atoms with E-state index in [0.29, 0.717) is 0 Å². The summed E-state index contributed by atoms with van der Waals surface area (Å²) < 4.78 is 5.33. The number of aromatic amines is 1. The lowest BCUT2D eigenvalue weighted by Crippen LogP contribution is -2.42. The minimum Gasteiger partial charge on any atom is -0.497 e. The first-order valence-corrected chi connectivity index (χ1v) is 13.2. The first-order valence-electron chi connectivity index (χ1n) is 11.5. The number of hydrogen-bond donors (Lipinski definition) is 2. The van der Waals surface area contributed by atoms with Crippen LogP contribution in [0.25, 0.3) is 0 Å². The second kappa shape index (κ2) is 7.98. The summed E-state index contributed by atoms with van der Waals surface area (Å²) in [5.74, 6) is -0.861. The molecule has 2 aliphatic carbocycles. The van der Waals surface area contributed by atoms with E-state index in [4.69, 9.17) is 9.84 Å². The van der Waals surface area contributed by atoms with Gasteiger partial charge in [-0.2, -0.15) is 0 Å². The fourth-order valence-corrected chi connectivity index (χ4v) is 9.76. The fourth-order valence-electron chi connectivity index (χ4n) is 6.87. The first-order chi connectivity index (χ1) is 16.4. The smallest absolute Gasteiger partial charge is 0.305 e. The van der Waals surface area contributed by atoms with Crippen LogP contribution in [0.5, 0.6) is 5.75 Å². The number of thiazole rings is 1. The third-order valence-corrected chi connectivity index (χ3v) is 10.7. The Labute approximate surface area is 203 Å². The Morgan fingerprint density at radius 1 is 1.15 bits per heavy atom. The lowest BCUT2D eigenvalue weighted by Gasteiger charge is -2.43. The van der Waals surface area contributed by atoms with E-state index in [1.807, 2.05) is 24.3 Å². The van der Waals surface area contributed by atoms with Gasteiger partial charge in [0, 0.05) is 29.0 Å². The Balaban J connectivity index is 1.36. The maximum atomic E-state index is 13.4. The highest BCUT2D eigenvalue weighted by molar-refractivity contribution is 8.00. The van der Waals surface area contributed by atoms with Gasteiger partial charge in [-0.05, 0) is 48.3 Å². The van der Waals surface area contributed by atoms with E-state index in [1.54, 1.807) is 18.9 Å². The van der Waals surface area contributed by atoms with E-state index in [1.165, 1.54) is 16.2 Å².